The smallest absolute Gasteiger partial charge is 0.261 e. The van der Waals surface area contributed by atoms with Crippen LogP contribution in [-0.4, -0.2) is 18.1 Å². The van der Waals surface area contributed by atoms with Crippen molar-refractivity contribution in [2.24, 2.45) is 0 Å². The van der Waals surface area contributed by atoms with Crippen LogP contribution in [0.5, 0.6) is 5.75 Å². The molecule has 0 aliphatic carbocycles. The van der Waals surface area contributed by atoms with E-state index < -0.39 is 6.10 Å². The van der Waals surface area contributed by atoms with Crippen molar-refractivity contribution in [1.29, 1.82) is 0 Å². The minimum atomic E-state index is -0.458. The third-order valence-electron chi connectivity index (χ3n) is 4.23. The topological polar surface area (TPSA) is 38.3 Å². The lowest BCUT2D eigenvalue weighted by Gasteiger charge is -2.21. The van der Waals surface area contributed by atoms with Crippen LogP contribution in [0, 0.1) is 13.8 Å². The number of benzene rings is 2. The van der Waals surface area contributed by atoms with Crippen LogP contribution in [-0.2, 0) is 11.2 Å². The summed E-state index contributed by atoms with van der Waals surface area (Å²) in [6.07, 6.45) is 2.05. The van der Waals surface area contributed by atoms with Crippen LogP contribution in [0.2, 0.25) is 0 Å². The molecule has 0 saturated heterocycles. The summed E-state index contributed by atoms with van der Waals surface area (Å²) in [4.78, 5) is 12.5. The molecule has 2 aromatic rings. The van der Waals surface area contributed by atoms with Crippen LogP contribution in [0.15, 0.2) is 48.5 Å². The summed E-state index contributed by atoms with van der Waals surface area (Å²) in [5.74, 6) is 0.721. The van der Waals surface area contributed by atoms with Gasteiger partial charge in [0.25, 0.3) is 5.91 Å². The summed E-state index contributed by atoms with van der Waals surface area (Å²) in [5.41, 5.74) is 3.57. The minimum absolute atomic E-state index is 0.0396. The van der Waals surface area contributed by atoms with E-state index in [9.17, 15) is 4.79 Å². The molecule has 0 saturated carbocycles. The molecule has 2 aromatic carbocycles. The Hall–Kier alpha value is -2.29. The second-order valence-corrected chi connectivity index (χ2v) is 6.77. The predicted molar refractivity (Wildman–Crippen MR) is 103 cm³/mol. The van der Waals surface area contributed by atoms with Gasteiger partial charge < -0.3 is 10.1 Å². The van der Waals surface area contributed by atoms with Gasteiger partial charge in [-0.15, -0.1) is 0 Å². The number of rotatable bonds is 8. The van der Waals surface area contributed by atoms with E-state index >= 15 is 0 Å². The fraction of sp³-hybridized carbons (Fsp3) is 0.409. The number of aryl methyl sites for hydroxylation is 3. The largest absolute Gasteiger partial charge is 0.481 e. The summed E-state index contributed by atoms with van der Waals surface area (Å²) in [5, 5.41) is 3.09. The van der Waals surface area contributed by atoms with Gasteiger partial charge in [-0.2, -0.15) is 0 Å². The van der Waals surface area contributed by atoms with E-state index in [0.717, 1.165) is 29.7 Å². The number of hydrogen-bond acceptors (Lipinski definition) is 2. The van der Waals surface area contributed by atoms with Crippen molar-refractivity contribution in [3.63, 3.8) is 0 Å². The Balaban J connectivity index is 1.88. The van der Waals surface area contributed by atoms with Gasteiger partial charge in [0.1, 0.15) is 5.75 Å². The summed E-state index contributed by atoms with van der Waals surface area (Å²) in [6.45, 7) is 8.09. The van der Waals surface area contributed by atoms with Gasteiger partial charge in [0.05, 0.1) is 0 Å². The van der Waals surface area contributed by atoms with E-state index in [1.54, 1.807) is 0 Å². The number of amides is 1. The molecule has 134 valence electrons. The van der Waals surface area contributed by atoms with Gasteiger partial charge in [-0.1, -0.05) is 43.3 Å². The Morgan fingerprint density at radius 3 is 2.32 bits per heavy atom. The molecule has 3 heteroatoms. The highest BCUT2D eigenvalue weighted by molar-refractivity contribution is 5.81. The van der Waals surface area contributed by atoms with Crippen LogP contribution < -0.4 is 10.1 Å². The fourth-order valence-electron chi connectivity index (χ4n) is 2.92. The highest BCUT2D eigenvalue weighted by atomic mass is 16.5. The summed E-state index contributed by atoms with van der Waals surface area (Å²) >= 11 is 0. The minimum Gasteiger partial charge on any atom is -0.481 e. The van der Waals surface area contributed by atoms with Gasteiger partial charge in [-0.05, 0) is 68.9 Å². The van der Waals surface area contributed by atoms with Gasteiger partial charge in [0.15, 0.2) is 6.10 Å². The second-order valence-electron chi connectivity index (χ2n) is 6.77. The lowest BCUT2D eigenvalue weighted by molar-refractivity contribution is -0.128. The molecule has 0 fully saturated rings. The average molecular weight is 339 g/mol. The van der Waals surface area contributed by atoms with Crippen molar-refractivity contribution in [3.8, 4) is 5.75 Å². The third kappa shape index (κ3) is 6.26. The van der Waals surface area contributed by atoms with Gasteiger partial charge in [0.2, 0.25) is 0 Å². The molecule has 0 aromatic heterocycles. The number of nitrogens with one attached hydrogen (secondary N) is 1. The van der Waals surface area contributed by atoms with Crippen molar-refractivity contribution in [1.82, 2.24) is 5.32 Å². The average Bonchev–Trinajstić information content (AvgIpc) is 2.58. The molecule has 3 nitrogen and oxygen atoms in total. The standard InChI is InChI=1S/C22H29NO2/c1-5-21(25-20-14-16(2)13-17(3)15-20)22(24)23-18(4)11-12-19-9-7-6-8-10-19/h6-10,13-15,18,21H,5,11-12H2,1-4H3,(H,23,24)/t18-,21-/m1/s1. The molecule has 0 radical (unpaired) electrons. The van der Waals surface area contributed by atoms with Crippen molar-refractivity contribution in [2.45, 2.75) is 59.1 Å². The van der Waals surface area contributed by atoms with Crippen LogP contribution in [0.25, 0.3) is 0 Å². The van der Waals surface area contributed by atoms with Crippen LogP contribution in [0.1, 0.15) is 43.4 Å². The molecule has 0 unspecified atom stereocenters. The molecular weight excluding hydrogens is 310 g/mol. The molecule has 0 spiro atoms. The second kappa shape index (κ2) is 9.26. The SMILES string of the molecule is CC[C@@H](Oc1cc(C)cc(C)c1)C(=O)N[C@H](C)CCc1ccccc1. The molecule has 0 aliphatic heterocycles. The van der Waals surface area contributed by atoms with E-state index in [1.165, 1.54) is 5.56 Å². The van der Waals surface area contributed by atoms with Crippen molar-refractivity contribution < 1.29 is 9.53 Å². The molecule has 1 N–H and O–H groups in total. The van der Waals surface area contributed by atoms with E-state index in [-0.39, 0.29) is 11.9 Å². The Kier molecular flexibility index (Phi) is 7.05. The van der Waals surface area contributed by atoms with Gasteiger partial charge in [-0.25, -0.2) is 0 Å². The normalized spacial score (nSPS) is 13.1. The maximum absolute atomic E-state index is 12.5. The zero-order chi connectivity index (χ0) is 18.2. The Morgan fingerprint density at radius 2 is 1.72 bits per heavy atom. The first-order valence-electron chi connectivity index (χ1n) is 9.07. The molecule has 0 heterocycles. The van der Waals surface area contributed by atoms with Crippen molar-refractivity contribution in [2.75, 3.05) is 0 Å². The first kappa shape index (κ1) is 19.0. The first-order valence-corrected chi connectivity index (χ1v) is 9.07. The van der Waals surface area contributed by atoms with E-state index in [4.69, 9.17) is 4.74 Å². The number of carbonyl (C=O) groups is 1. The Bertz CT molecular complexity index is 661. The number of ether oxygens (including phenoxy) is 1. The van der Waals surface area contributed by atoms with Gasteiger partial charge in [0, 0.05) is 6.04 Å². The molecule has 2 atom stereocenters. The highest BCUT2D eigenvalue weighted by Gasteiger charge is 2.20. The predicted octanol–water partition coefficient (Wildman–Crippen LogP) is 4.60. The number of carbonyl (C=O) groups excluding carboxylic acids is 1. The van der Waals surface area contributed by atoms with E-state index in [1.807, 2.05) is 58.0 Å². The lowest BCUT2D eigenvalue weighted by atomic mass is 10.1. The van der Waals surface area contributed by atoms with Crippen LogP contribution in [0.4, 0.5) is 0 Å². The number of hydrogen-bond donors (Lipinski definition) is 1. The van der Waals surface area contributed by atoms with Gasteiger partial charge >= 0.3 is 0 Å². The van der Waals surface area contributed by atoms with E-state index in [2.05, 4.69) is 23.5 Å². The zero-order valence-electron chi connectivity index (χ0n) is 15.7. The van der Waals surface area contributed by atoms with Crippen molar-refractivity contribution >= 4 is 5.91 Å². The van der Waals surface area contributed by atoms with Crippen LogP contribution >= 0.6 is 0 Å². The maximum Gasteiger partial charge on any atom is 0.261 e. The van der Waals surface area contributed by atoms with E-state index in [0.29, 0.717) is 6.42 Å². The summed E-state index contributed by atoms with van der Waals surface area (Å²) < 4.78 is 5.94. The fourth-order valence-corrected chi connectivity index (χ4v) is 2.92. The molecule has 2 rings (SSSR count). The molecule has 0 aliphatic rings. The summed E-state index contributed by atoms with van der Waals surface area (Å²) in [7, 11) is 0. The third-order valence-corrected chi connectivity index (χ3v) is 4.23. The van der Waals surface area contributed by atoms with Crippen LogP contribution in [0.3, 0.4) is 0 Å². The lowest BCUT2D eigenvalue weighted by Crippen LogP contribution is -2.42. The first-order chi connectivity index (χ1) is 12.0. The quantitative estimate of drug-likeness (QED) is 0.763. The summed E-state index contributed by atoms with van der Waals surface area (Å²) in [6, 6.07) is 16.5. The monoisotopic (exact) mass is 339 g/mol. The maximum atomic E-state index is 12.5. The molecule has 0 bridgehead atoms. The Morgan fingerprint density at radius 1 is 1.08 bits per heavy atom. The molecular formula is C22H29NO2. The Labute approximate surface area is 151 Å². The zero-order valence-corrected chi connectivity index (χ0v) is 15.7. The van der Waals surface area contributed by atoms with Crippen molar-refractivity contribution in [3.05, 3.63) is 65.2 Å². The molecule has 1 amide bonds. The molecule has 25 heavy (non-hydrogen) atoms. The van der Waals surface area contributed by atoms with Gasteiger partial charge in [-0.3, -0.25) is 4.79 Å². The highest BCUT2D eigenvalue weighted by Crippen LogP contribution is 2.18.